The molecule has 0 unspecified atom stereocenters. The number of rotatable bonds is 7. The zero-order chi connectivity index (χ0) is 22.3. The molecule has 166 valence electrons. The van der Waals surface area contributed by atoms with Gasteiger partial charge in [-0.1, -0.05) is 0 Å². The van der Waals surface area contributed by atoms with Crippen LogP contribution in [0.3, 0.4) is 0 Å². The Morgan fingerprint density at radius 3 is 2.37 bits per heavy atom. The van der Waals surface area contributed by atoms with Crippen molar-refractivity contribution in [3.8, 4) is 5.75 Å². The summed E-state index contributed by atoms with van der Waals surface area (Å²) in [6.07, 6.45) is 0.0797. The Morgan fingerprint density at radius 1 is 1.13 bits per heavy atom. The Hall–Kier alpha value is -3.04. The average molecular weight is 423 g/mol. The smallest absolute Gasteiger partial charge is 0.410 e. The molecular formula is C20H29N3O7. The summed E-state index contributed by atoms with van der Waals surface area (Å²) in [5.74, 6) is -0.212. The number of piperazine rings is 1. The summed E-state index contributed by atoms with van der Waals surface area (Å²) >= 11 is 0. The molecule has 10 nitrogen and oxygen atoms in total. The number of nitro groups is 1. The molecular weight excluding hydrogens is 394 g/mol. The van der Waals surface area contributed by atoms with Gasteiger partial charge in [0, 0.05) is 51.3 Å². The molecule has 0 radical (unpaired) electrons. The fraction of sp³-hybridized carbons (Fsp3) is 0.600. The minimum Gasteiger partial charge on any atom is -0.487 e. The van der Waals surface area contributed by atoms with Crippen LogP contribution in [0.1, 0.15) is 34.1 Å². The molecule has 0 saturated carbocycles. The Balaban J connectivity index is 1.95. The van der Waals surface area contributed by atoms with E-state index in [0.717, 1.165) is 0 Å². The van der Waals surface area contributed by atoms with Gasteiger partial charge in [0.2, 0.25) is 0 Å². The van der Waals surface area contributed by atoms with Crippen molar-refractivity contribution in [2.75, 3.05) is 44.3 Å². The van der Waals surface area contributed by atoms with Crippen LogP contribution in [0.25, 0.3) is 0 Å². The molecule has 0 atom stereocenters. The summed E-state index contributed by atoms with van der Waals surface area (Å²) in [5.41, 5.74) is 0.00965. The Labute approximate surface area is 175 Å². The first-order valence-corrected chi connectivity index (χ1v) is 9.84. The molecule has 10 heteroatoms. The van der Waals surface area contributed by atoms with Crippen molar-refractivity contribution in [1.82, 2.24) is 4.90 Å². The summed E-state index contributed by atoms with van der Waals surface area (Å²) in [6.45, 7) is 9.19. The number of carbonyl (C=O) groups excluding carboxylic acids is 2. The summed E-state index contributed by atoms with van der Waals surface area (Å²) < 4.78 is 15.7. The second-order valence-electron chi connectivity index (χ2n) is 7.91. The Kier molecular flexibility index (Phi) is 7.85. The largest absolute Gasteiger partial charge is 0.487 e. The normalized spacial score (nSPS) is 14.3. The van der Waals surface area contributed by atoms with Gasteiger partial charge < -0.3 is 24.0 Å². The molecule has 0 N–H and O–H groups in total. The molecule has 1 fully saturated rings. The van der Waals surface area contributed by atoms with E-state index in [1.807, 2.05) is 25.7 Å². The standard InChI is InChI=1S/C20H29N3O7/c1-15(24)28-12-5-13-29-18-7-6-16(14-17(18)23(26)27)21-8-10-22(11-9-21)19(25)30-20(2,3)4/h6-7,14H,5,8-13H2,1-4H3. The highest BCUT2D eigenvalue weighted by molar-refractivity contribution is 5.69. The van der Waals surface area contributed by atoms with E-state index in [0.29, 0.717) is 38.3 Å². The van der Waals surface area contributed by atoms with Gasteiger partial charge in [0.25, 0.3) is 0 Å². The second kappa shape index (κ2) is 10.1. The van der Waals surface area contributed by atoms with Gasteiger partial charge in [-0.05, 0) is 32.9 Å². The van der Waals surface area contributed by atoms with Crippen molar-refractivity contribution < 1.29 is 28.7 Å². The minimum atomic E-state index is -0.553. The van der Waals surface area contributed by atoms with Gasteiger partial charge in [-0.2, -0.15) is 0 Å². The number of hydrogen-bond donors (Lipinski definition) is 0. The third kappa shape index (κ3) is 7.09. The van der Waals surface area contributed by atoms with Crippen LogP contribution in [0.15, 0.2) is 18.2 Å². The van der Waals surface area contributed by atoms with Gasteiger partial charge >= 0.3 is 17.7 Å². The zero-order valence-corrected chi connectivity index (χ0v) is 17.9. The van der Waals surface area contributed by atoms with Gasteiger partial charge in [-0.25, -0.2) is 4.79 Å². The van der Waals surface area contributed by atoms with E-state index in [1.165, 1.54) is 13.0 Å². The number of amides is 1. The zero-order valence-electron chi connectivity index (χ0n) is 17.9. The molecule has 1 aromatic carbocycles. The van der Waals surface area contributed by atoms with Gasteiger partial charge in [0.05, 0.1) is 18.1 Å². The molecule has 1 aliphatic rings. The first-order chi connectivity index (χ1) is 14.1. The Bertz CT molecular complexity index is 768. The number of ether oxygens (including phenoxy) is 3. The molecule has 1 heterocycles. The lowest BCUT2D eigenvalue weighted by Crippen LogP contribution is -2.50. The molecule has 0 bridgehead atoms. The minimum absolute atomic E-state index is 0.130. The van der Waals surface area contributed by atoms with Crippen LogP contribution >= 0.6 is 0 Å². The van der Waals surface area contributed by atoms with E-state index in [-0.39, 0.29) is 36.7 Å². The van der Waals surface area contributed by atoms with Crippen LogP contribution in [0, 0.1) is 10.1 Å². The number of nitro benzene ring substituents is 1. The van der Waals surface area contributed by atoms with E-state index < -0.39 is 10.5 Å². The van der Waals surface area contributed by atoms with Crippen molar-refractivity contribution in [2.24, 2.45) is 0 Å². The Morgan fingerprint density at radius 2 is 1.80 bits per heavy atom. The van der Waals surface area contributed by atoms with Gasteiger partial charge in [0.15, 0.2) is 5.75 Å². The van der Waals surface area contributed by atoms with E-state index in [1.54, 1.807) is 17.0 Å². The molecule has 1 aromatic rings. The first kappa shape index (κ1) is 23.2. The average Bonchev–Trinajstić information content (AvgIpc) is 2.66. The second-order valence-corrected chi connectivity index (χ2v) is 7.91. The highest BCUT2D eigenvalue weighted by Gasteiger charge is 2.27. The number of benzene rings is 1. The van der Waals surface area contributed by atoms with E-state index in [9.17, 15) is 19.7 Å². The van der Waals surface area contributed by atoms with Crippen molar-refractivity contribution in [1.29, 1.82) is 0 Å². The number of hydrogen-bond acceptors (Lipinski definition) is 8. The van der Waals surface area contributed by atoms with Crippen molar-refractivity contribution in [3.63, 3.8) is 0 Å². The summed E-state index contributed by atoms with van der Waals surface area (Å²) in [6, 6.07) is 4.81. The summed E-state index contributed by atoms with van der Waals surface area (Å²) in [5, 5.41) is 11.5. The molecule has 30 heavy (non-hydrogen) atoms. The number of esters is 1. The number of nitrogens with zero attached hydrogens (tertiary/aromatic N) is 3. The van der Waals surface area contributed by atoms with Gasteiger partial charge in [-0.3, -0.25) is 14.9 Å². The lowest BCUT2D eigenvalue weighted by Gasteiger charge is -2.36. The molecule has 1 aliphatic heterocycles. The van der Waals surface area contributed by atoms with E-state index in [4.69, 9.17) is 14.2 Å². The maximum absolute atomic E-state index is 12.2. The molecule has 1 saturated heterocycles. The molecule has 2 rings (SSSR count). The van der Waals surface area contributed by atoms with Crippen molar-refractivity contribution in [2.45, 2.75) is 39.7 Å². The van der Waals surface area contributed by atoms with Crippen LogP contribution in [-0.4, -0.2) is 66.9 Å². The third-order valence-electron chi connectivity index (χ3n) is 4.29. The van der Waals surface area contributed by atoms with Crippen molar-refractivity contribution >= 4 is 23.4 Å². The predicted molar refractivity (Wildman–Crippen MR) is 110 cm³/mol. The molecule has 1 amide bonds. The SMILES string of the molecule is CC(=O)OCCCOc1ccc(N2CCN(C(=O)OC(C)(C)C)CC2)cc1[N+](=O)[O-]. The van der Waals surface area contributed by atoms with E-state index >= 15 is 0 Å². The molecule has 0 aromatic heterocycles. The molecule has 0 spiro atoms. The van der Waals surface area contributed by atoms with Crippen LogP contribution in [-0.2, 0) is 14.3 Å². The summed E-state index contributed by atoms with van der Waals surface area (Å²) in [4.78, 5) is 37.5. The molecule has 0 aliphatic carbocycles. The van der Waals surface area contributed by atoms with Crippen molar-refractivity contribution in [3.05, 3.63) is 28.3 Å². The fourth-order valence-corrected chi connectivity index (χ4v) is 2.90. The lowest BCUT2D eigenvalue weighted by molar-refractivity contribution is -0.385. The quantitative estimate of drug-likeness (QED) is 0.285. The monoisotopic (exact) mass is 423 g/mol. The predicted octanol–water partition coefficient (Wildman–Crippen LogP) is 2.98. The third-order valence-corrected chi connectivity index (χ3v) is 4.29. The highest BCUT2D eigenvalue weighted by Crippen LogP contribution is 2.32. The van der Waals surface area contributed by atoms with Crippen LogP contribution < -0.4 is 9.64 Å². The topological polar surface area (TPSA) is 111 Å². The van der Waals surface area contributed by atoms with Crippen LogP contribution in [0.4, 0.5) is 16.2 Å². The first-order valence-electron chi connectivity index (χ1n) is 9.84. The fourth-order valence-electron chi connectivity index (χ4n) is 2.90. The summed E-state index contributed by atoms with van der Waals surface area (Å²) in [7, 11) is 0. The van der Waals surface area contributed by atoms with Crippen LogP contribution in [0.2, 0.25) is 0 Å². The number of anilines is 1. The van der Waals surface area contributed by atoms with E-state index in [2.05, 4.69) is 0 Å². The van der Waals surface area contributed by atoms with Gasteiger partial charge in [0.1, 0.15) is 5.60 Å². The van der Waals surface area contributed by atoms with Gasteiger partial charge in [-0.15, -0.1) is 0 Å². The highest BCUT2D eigenvalue weighted by atomic mass is 16.6. The number of carbonyl (C=O) groups is 2. The van der Waals surface area contributed by atoms with Crippen LogP contribution in [0.5, 0.6) is 5.75 Å². The maximum atomic E-state index is 12.2. The lowest BCUT2D eigenvalue weighted by atomic mass is 10.2. The maximum Gasteiger partial charge on any atom is 0.410 e.